The van der Waals surface area contributed by atoms with Gasteiger partial charge in [0.15, 0.2) is 0 Å². The second kappa shape index (κ2) is 10.4. The molecular formula is C26H24Cl2N6O4. The van der Waals surface area contributed by atoms with Crippen LogP contribution in [-0.2, 0) is 11.3 Å². The Morgan fingerprint density at radius 3 is 2.45 bits per heavy atom. The lowest BCUT2D eigenvalue weighted by Gasteiger charge is -2.32. The largest absolute Gasteiger partial charge is 0.373 e. The average Bonchev–Trinajstić information content (AvgIpc) is 3.68. The number of anilines is 1. The minimum atomic E-state index is -0.609. The maximum Gasteiger partial charge on any atom is 0.349 e. The standard InChI is InChI=1S/C26H24Cl2N6O4/c27-19-2-1-3-20(28)23(19)24-18(25(38-32-24)15-4-5-15)14-37-17-8-10-33(11-9-17)21-7-6-16(12-29-21)34-22(35)13-30-31-26(34)36/h1-3,6-7,12-13,15,17H,4-5,8-11,14H2,(H,31,36). The highest BCUT2D eigenvalue weighted by atomic mass is 35.5. The predicted molar refractivity (Wildman–Crippen MR) is 142 cm³/mol. The summed E-state index contributed by atoms with van der Waals surface area (Å²) < 4.78 is 13.1. The lowest BCUT2D eigenvalue weighted by atomic mass is 10.0. The molecule has 4 aromatic rings. The van der Waals surface area contributed by atoms with Gasteiger partial charge in [-0.15, -0.1) is 0 Å². The Balaban J connectivity index is 1.12. The Morgan fingerprint density at radius 2 is 1.79 bits per heavy atom. The van der Waals surface area contributed by atoms with Gasteiger partial charge in [0.25, 0.3) is 5.56 Å². The van der Waals surface area contributed by atoms with Crippen LogP contribution in [0.2, 0.25) is 10.0 Å². The number of benzene rings is 1. The van der Waals surface area contributed by atoms with Gasteiger partial charge < -0.3 is 14.2 Å². The van der Waals surface area contributed by atoms with Crippen LogP contribution in [0.4, 0.5) is 5.82 Å². The smallest absolute Gasteiger partial charge is 0.349 e. The molecule has 6 rings (SSSR count). The molecule has 1 saturated heterocycles. The van der Waals surface area contributed by atoms with Crippen molar-refractivity contribution in [2.45, 2.75) is 44.3 Å². The minimum absolute atomic E-state index is 0.0657. The van der Waals surface area contributed by atoms with Crippen LogP contribution < -0.4 is 16.1 Å². The van der Waals surface area contributed by atoms with E-state index in [0.29, 0.717) is 39.5 Å². The van der Waals surface area contributed by atoms with Crippen molar-refractivity contribution in [1.29, 1.82) is 0 Å². The fourth-order valence-corrected chi connectivity index (χ4v) is 5.37. The number of ether oxygens (including phenoxy) is 1. The molecule has 0 spiro atoms. The highest BCUT2D eigenvalue weighted by molar-refractivity contribution is 6.39. The van der Waals surface area contributed by atoms with E-state index in [4.69, 9.17) is 32.5 Å². The molecular weight excluding hydrogens is 531 g/mol. The molecule has 3 aromatic heterocycles. The summed E-state index contributed by atoms with van der Waals surface area (Å²) in [6.45, 7) is 1.89. The molecule has 4 heterocycles. The summed E-state index contributed by atoms with van der Waals surface area (Å²) in [4.78, 5) is 30.6. The number of hydrogen-bond acceptors (Lipinski definition) is 8. The van der Waals surface area contributed by atoms with Crippen LogP contribution in [-0.4, -0.2) is 44.1 Å². The molecule has 0 unspecified atom stereocenters. The first-order valence-corrected chi connectivity index (χ1v) is 13.2. The third kappa shape index (κ3) is 4.87. The van der Waals surface area contributed by atoms with E-state index in [-0.39, 0.29) is 6.10 Å². The summed E-state index contributed by atoms with van der Waals surface area (Å²) in [7, 11) is 0. The molecule has 0 radical (unpaired) electrons. The zero-order valence-electron chi connectivity index (χ0n) is 20.3. The molecule has 1 aliphatic heterocycles. The monoisotopic (exact) mass is 554 g/mol. The molecule has 38 heavy (non-hydrogen) atoms. The number of piperidine rings is 1. The van der Waals surface area contributed by atoms with E-state index in [9.17, 15) is 9.59 Å². The first-order chi connectivity index (χ1) is 18.5. The molecule has 1 saturated carbocycles. The third-order valence-corrected chi connectivity index (χ3v) is 7.57. The number of aromatic amines is 1. The quantitative estimate of drug-likeness (QED) is 0.358. The van der Waals surface area contributed by atoms with E-state index in [1.54, 1.807) is 24.3 Å². The summed E-state index contributed by atoms with van der Waals surface area (Å²) in [6, 6.07) is 8.90. The van der Waals surface area contributed by atoms with Crippen molar-refractivity contribution in [2.75, 3.05) is 18.0 Å². The van der Waals surface area contributed by atoms with Gasteiger partial charge in [0.2, 0.25) is 0 Å². The number of H-pyrrole nitrogens is 1. The molecule has 196 valence electrons. The Kier molecular flexibility index (Phi) is 6.77. The van der Waals surface area contributed by atoms with Gasteiger partial charge in [-0.25, -0.2) is 19.4 Å². The second-order valence-electron chi connectivity index (χ2n) is 9.47. The van der Waals surface area contributed by atoms with Gasteiger partial charge in [0.05, 0.1) is 34.6 Å². The first kappa shape index (κ1) is 24.8. The number of pyridine rings is 1. The lowest BCUT2D eigenvalue weighted by molar-refractivity contribution is 0.0245. The van der Waals surface area contributed by atoms with Crippen LogP contribution in [0.5, 0.6) is 0 Å². The molecule has 12 heteroatoms. The maximum absolute atomic E-state index is 12.0. The Labute approximate surface area is 227 Å². The topological polar surface area (TPSA) is 119 Å². The number of nitrogens with one attached hydrogen (secondary N) is 1. The van der Waals surface area contributed by atoms with Crippen LogP contribution >= 0.6 is 23.2 Å². The maximum atomic E-state index is 12.0. The summed E-state index contributed by atoms with van der Waals surface area (Å²) in [5.41, 5.74) is 1.50. The summed E-state index contributed by atoms with van der Waals surface area (Å²) >= 11 is 12.9. The van der Waals surface area contributed by atoms with Gasteiger partial charge in [0.1, 0.15) is 23.5 Å². The molecule has 1 N–H and O–H groups in total. The van der Waals surface area contributed by atoms with Gasteiger partial charge in [0, 0.05) is 30.1 Å². The van der Waals surface area contributed by atoms with E-state index in [0.717, 1.165) is 66.7 Å². The van der Waals surface area contributed by atoms with Crippen molar-refractivity contribution in [3.05, 3.63) is 84.9 Å². The molecule has 2 aliphatic rings. The summed E-state index contributed by atoms with van der Waals surface area (Å²) in [5.74, 6) is 2.01. The fourth-order valence-electron chi connectivity index (χ4n) is 4.79. The van der Waals surface area contributed by atoms with Gasteiger partial charge in [-0.3, -0.25) is 4.79 Å². The van der Waals surface area contributed by atoms with Crippen LogP contribution in [0.15, 0.2) is 56.8 Å². The molecule has 1 aliphatic carbocycles. The number of nitrogens with zero attached hydrogens (tertiary/aromatic N) is 5. The summed E-state index contributed by atoms with van der Waals surface area (Å²) in [6.07, 6.45) is 6.42. The Morgan fingerprint density at radius 1 is 1.03 bits per heavy atom. The van der Waals surface area contributed by atoms with Crippen molar-refractivity contribution >= 4 is 29.0 Å². The van der Waals surface area contributed by atoms with E-state index in [1.807, 2.05) is 6.07 Å². The predicted octanol–water partition coefficient (Wildman–Crippen LogP) is 4.34. The molecule has 0 atom stereocenters. The normalized spacial score (nSPS) is 16.2. The molecule has 0 bridgehead atoms. The highest BCUT2D eigenvalue weighted by Gasteiger charge is 2.34. The molecule has 1 aromatic carbocycles. The zero-order chi connectivity index (χ0) is 26.2. The first-order valence-electron chi connectivity index (χ1n) is 12.4. The van der Waals surface area contributed by atoms with E-state index >= 15 is 0 Å². The number of rotatable bonds is 7. The van der Waals surface area contributed by atoms with Gasteiger partial charge >= 0.3 is 5.69 Å². The van der Waals surface area contributed by atoms with Crippen molar-refractivity contribution < 1.29 is 9.26 Å². The van der Waals surface area contributed by atoms with E-state index in [1.165, 1.54) is 6.20 Å². The minimum Gasteiger partial charge on any atom is -0.373 e. The van der Waals surface area contributed by atoms with Crippen molar-refractivity contribution in [3.8, 4) is 16.9 Å². The average molecular weight is 555 g/mol. The van der Waals surface area contributed by atoms with Gasteiger partial charge in [-0.1, -0.05) is 34.4 Å². The molecule has 2 fully saturated rings. The fraction of sp³-hybridized carbons (Fsp3) is 0.346. The van der Waals surface area contributed by atoms with E-state index < -0.39 is 11.2 Å². The molecule has 0 amide bonds. The number of halogens is 2. The van der Waals surface area contributed by atoms with E-state index in [2.05, 4.69) is 25.2 Å². The Hall–Kier alpha value is -3.47. The number of aromatic nitrogens is 5. The SMILES string of the molecule is O=c1cn[nH]c(=O)n1-c1ccc(N2CCC(OCc3c(-c4c(Cl)cccc4Cl)noc3C3CC3)CC2)nc1. The lowest BCUT2D eigenvalue weighted by Crippen LogP contribution is -2.37. The van der Waals surface area contributed by atoms with Crippen molar-refractivity contribution in [3.63, 3.8) is 0 Å². The summed E-state index contributed by atoms with van der Waals surface area (Å²) in [5, 5.41) is 11.2. The highest BCUT2D eigenvalue weighted by Crippen LogP contribution is 2.46. The van der Waals surface area contributed by atoms with Crippen LogP contribution in [0.3, 0.4) is 0 Å². The van der Waals surface area contributed by atoms with Crippen LogP contribution in [0.1, 0.15) is 42.9 Å². The van der Waals surface area contributed by atoms with Crippen molar-refractivity contribution in [1.82, 2.24) is 24.9 Å². The zero-order valence-corrected chi connectivity index (χ0v) is 21.8. The van der Waals surface area contributed by atoms with Crippen LogP contribution in [0, 0.1) is 0 Å². The second-order valence-corrected chi connectivity index (χ2v) is 10.3. The number of hydrogen-bond donors (Lipinski definition) is 1. The Bertz CT molecular complexity index is 1520. The van der Waals surface area contributed by atoms with Crippen molar-refractivity contribution in [2.24, 2.45) is 0 Å². The third-order valence-electron chi connectivity index (χ3n) is 6.94. The van der Waals surface area contributed by atoms with Crippen LogP contribution in [0.25, 0.3) is 16.9 Å². The van der Waals surface area contributed by atoms with Gasteiger partial charge in [-0.2, -0.15) is 5.10 Å². The molecule has 10 nitrogen and oxygen atoms in total. The van der Waals surface area contributed by atoms with Gasteiger partial charge in [-0.05, 0) is 49.9 Å².